The molecule has 8 heteroatoms. The van der Waals surface area contributed by atoms with Crippen LogP contribution in [0.5, 0.6) is 5.75 Å². The average molecular weight is 325 g/mol. The van der Waals surface area contributed by atoms with Crippen molar-refractivity contribution in [1.82, 2.24) is 10.4 Å². The van der Waals surface area contributed by atoms with Crippen LogP contribution in [-0.4, -0.2) is 23.7 Å². The lowest BCUT2D eigenvalue weighted by Gasteiger charge is -2.03. The molecule has 1 amide bonds. The van der Waals surface area contributed by atoms with Gasteiger partial charge in [-0.3, -0.25) is 4.79 Å². The number of benzene rings is 1. The van der Waals surface area contributed by atoms with E-state index in [1.807, 2.05) is 12.3 Å². The highest BCUT2D eigenvalue weighted by Crippen LogP contribution is 2.14. The Balaban J connectivity index is 1.82. The number of alkyl halides is 2. The molecule has 0 atom stereocenters. The molecule has 2 aromatic rings. The van der Waals surface area contributed by atoms with Gasteiger partial charge in [0.05, 0.1) is 23.3 Å². The first-order chi connectivity index (χ1) is 10.5. The van der Waals surface area contributed by atoms with Crippen molar-refractivity contribution in [3.8, 4) is 5.75 Å². The van der Waals surface area contributed by atoms with Gasteiger partial charge >= 0.3 is 6.61 Å². The van der Waals surface area contributed by atoms with E-state index in [0.717, 1.165) is 5.01 Å². The molecule has 2 rings (SSSR count). The van der Waals surface area contributed by atoms with Crippen molar-refractivity contribution in [2.75, 3.05) is 0 Å². The Hall–Kier alpha value is -2.35. The Morgan fingerprint density at radius 2 is 2.18 bits per heavy atom. The van der Waals surface area contributed by atoms with E-state index in [2.05, 4.69) is 20.2 Å². The van der Waals surface area contributed by atoms with Crippen LogP contribution in [0.25, 0.3) is 0 Å². The number of carbonyl (C=O) groups is 1. The number of rotatable bonds is 6. The van der Waals surface area contributed by atoms with Gasteiger partial charge < -0.3 is 4.74 Å². The normalized spacial score (nSPS) is 11.1. The number of ether oxygens (including phenoxy) is 1. The average Bonchev–Trinajstić information content (AvgIpc) is 2.85. The minimum Gasteiger partial charge on any atom is -0.435 e. The van der Waals surface area contributed by atoms with Gasteiger partial charge in [-0.25, -0.2) is 10.4 Å². The molecule has 0 unspecified atom stereocenters. The van der Waals surface area contributed by atoms with Crippen LogP contribution in [0.15, 0.2) is 34.7 Å². The predicted molar refractivity (Wildman–Crippen MR) is 79.4 cm³/mol. The van der Waals surface area contributed by atoms with Crippen LogP contribution in [0.2, 0.25) is 0 Å². The highest BCUT2D eigenvalue weighted by molar-refractivity contribution is 7.09. The number of aryl methyl sites for hydroxylation is 1. The van der Waals surface area contributed by atoms with Gasteiger partial charge in [0, 0.05) is 5.38 Å². The van der Waals surface area contributed by atoms with Crippen molar-refractivity contribution in [1.29, 1.82) is 0 Å². The number of thiazole rings is 1. The minimum absolute atomic E-state index is 0.0649. The lowest BCUT2D eigenvalue weighted by atomic mass is 10.2. The molecule has 0 saturated carbocycles. The Morgan fingerprint density at radius 1 is 1.45 bits per heavy atom. The number of hydrogen-bond acceptors (Lipinski definition) is 5. The number of nitrogens with zero attached hydrogens (tertiary/aromatic N) is 2. The lowest BCUT2D eigenvalue weighted by molar-refractivity contribution is -0.120. The quantitative estimate of drug-likeness (QED) is 0.656. The molecule has 0 spiro atoms. The molecule has 0 aliphatic rings. The second-order valence-corrected chi connectivity index (χ2v) is 5.34. The summed E-state index contributed by atoms with van der Waals surface area (Å²) in [4.78, 5) is 15.8. The number of amides is 1. The third kappa shape index (κ3) is 5.21. The van der Waals surface area contributed by atoms with E-state index in [1.54, 1.807) is 12.1 Å². The third-order valence-corrected chi connectivity index (χ3v) is 3.34. The van der Waals surface area contributed by atoms with Gasteiger partial charge in [-0.1, -0.05) is 0 Å². The van der Waals surface area contributed by atoms with Crippen LogP contribution in [0.1, 0.15) is 16.3 Å². The monoisotopic (exact) mass is 325 g/mol. The zero-order chi connectivity index (χ0) is 15.9. The molecule has 116 valence electrons. The summed E-state index contributed by atoms with van der Waals surface area (Å²) in [6, 6.07) is 5.90. The summed E-state index contributed by atoms with van der Waals surface area (Å²) in [6.07, 6.45) is 1.57. The SMILES string of the molecule is Cc1nc(CC(=O)NN=Cc2ccc(OC(F)F)cc2)cs1. The van der Waals surface area contributed by atoms with E-state index >= 15 is 0 Å². The number of aromatic nitrogens is 1. The Bertz CT molecular complexity index is 656. The fraction of sp³-hybridized carbons (Fsp3) is 0.214. The van der Waals surface area contributed by atoms with E-state index < -0.39 is 6.61 Å². The maximum Gasteiger partial charge on any atom is 0.387 e. The highest BCUT2D eigenvalue weighted by Gasteiger charge is 2.05. The van der Waals surface area contributed by atoms with E-state index in [1.165, 1.54) is 29.7 Å². The largest absolute Gasteiger partial charge is 0.435 e. The van der Waals surface area contributed by atoms with Crippen molar-refractivity contribution in [2.45, 2.75) is 20.0 Å². The standard InChI is InChI=1S/C14H13F2N3O2S/c1-9-18-11(8-22-9)6-13(20)19-17-7-10-2-4-12(5-3-10)21-14(15)16/h2-5,7-8,14H,6H2,1H3,(H,19,20). The number of carbonyl (C=O) groups excluding carboxylic acids is 1. The van der Waals surface area contributed by atoms with E-state index in [0.29, 0.717) is 11.3 Å². The van der Waals surface area contributed by atoms with Gasteiger partial charge in [-0.05, 0) is 36.8 Å². The molecule has 0 aliphatic heterocycles. The zero-order valence-electron chi connectivity index (χ0n) is 11.6. The van der Waals surface area contributed by atoms with Gasteiger partial charge in [-0.15, -0.1) is 11.3 Å². The summed E-state index contributed by atoms with van der Waals surface area (Å²) >= 11 is 1.48. The number of hydrogen-bond donors (Lipinski definition) is 1. The molecular formula is C14H13F2N3O2S. The van der Waals surface area contributed by atoms with Crippen LogP contribution in [0, 0.1) is 6.92 Å². The summed E-state index contributed by atoms with van der Waals surface area (Å²) in [5, 5.41) is 6.52. The van der Waals surface area contributed by atoms with Crippen LogP contribution in [0.4, 0.5) is 8.78 Å². The first kappa shape index (κ1) is 16.0. The van der Waals surface area contributed by atoms with E-state index in [4.69, 9.17) is 0 Å². The van der Waals surface area contributed by atoms with Crippen molar-refractivity contribution < 1.29 is 18.3 Å². The number of nitrogens with one attached hydrogen (secondary N) is 1. The van der Waals surface area contributed by atoms with Crippen molar-refractivity contribution in [3.05, 3.63) is 45.9 Å². The zero-order valence-corrected chi connectivity index (χ0v) is 12.4. The van der Waals surface area contributed by atoms with Gasteiger partial charge in [0.2, 0.25) is 5.91 Å². The predicted octanol–water partition coefficient (Wildman–Crippen LogP) is 2.75. The van der Waals surface area contributed by atoms with Crippen LogP contribution in [0.3, 0.4) is 0 Å². The Labute approximate surface area is 129 Å². The smallest absolute Gasteiger partial charge is 0.387 e. The van der Waals surface area contributed by atoms with Gasteiger partial charge in [0.15, 0.2) is 0 Å². The minimum atomic E-state index is -2.85. The highest BCUT2D eigenvalue weighted by atomic mass is 32.1. The molecule has 0 fully saturated rings. The second kappa shape index (κ2) is 7.60. The fourth-order valence-electron chi connectivity index (χ4n) is 1.61. The van der Waals surface area contributed by atoms with Gasteiger partial charge in [0.25, 0.3) is 0 Å². The summed E-state index contributed by atoms with van der Waals surface area (Å²) < 4.78 is 28.2. The van der Waals surface area contributed by atoms with E-state index in [9.17, 15) is 13.6 Å². The third-order valence-electron chi connectivity index (χ3n) is 2.52. The van der Waals surface area contributed by atoms with Crippen molar-refractivity contribution in [3.63, 3.8) is 0 Å². The fourth-order valence-corrected chi connectivity index (χ4v) is 2.22. The molecule has 1 heterocycles. The molecule has 1 aromatic heterocycles. The maximum absolute atomic E-state index is 12.0. The first-order valence-corrected chi connectivity index (χ1v) is 7.18. The molecule has 0 bridgehead atoms. The van der Waals surface area contributed by atoms with Crippen molar-refractivity contribution >= 4 is 23.5 Å². The summed E-state index contributed by atoms with van der Waals surface area (Å²) in [5.41, 5.74) is 3.72. The van der Waals surface area contributed by atoms with Gasteiger partial charge in [-0.2, -0.15) is 13.9 Å². The number of hydrazone groups is 1. The Kier molecular flexibility index (Phi) is 5.54. The topological polar surface area (TPSA) is 63.6 Å². The van der Waals surface area contributed by atoms with Crippen LogP contribution in [-0.2, 0) is 11.2 Å². The molecule has 1 N–H and O–H groups in total. The summed E-state index contributed by atoms with van der Waals surface area (Å²) in [7, 11) is 0. The second-order valence-electron chi connectivity index (χ2n) is 4.28. The molecule has 0 radical (unpaired) electrons. The van der Waals surface area contributed by atoms with Crippen LogP contribution < -0.4 is 10.2 Å². The maximum atomic E-state index is 12.0. The summed E-state index contributed by atoms with van der Waals surface area (Å²) in [5.74, 6) is -0.214. The molecule has 22 heavy (non-hydrogen) atoms. The Morgan fingerprint density at radius 3 is 2.77 bits per heavy atom. The van der Waals surface area contributed by atoms with Crippen LogP contribution >= 0.6 is 11.3 Å². The number of halogens is 2. The molecule has 5 nitrogen and oxygen atoms in total. The summed E-state index contributed by atoms with van der Waals surface area (Å²) in [6.45, 7) is -0.987. The molecular weight excluding hydrogens is 312 g/mol. The molecule has 1 aromatic carbocycles. The van der Waals surface area contributed by atoms with E-state index in [-0.39, 0.29) is 18.1 Å². The van der Waals surface area contributed by atoms with Crippen molar-refractivity contribution in [2.24, 2.45) is 5.10 Å². The lowest BCUT2D eigenvalue weighted by Crippen LogP contribution is -2.19. The molecule has 0 aliphatic carbocycles. The van der Waals surface area contributed by atoms with Gasteiger partial charge in [0.1, 0.15) is 5.75 Å². The molecule has 0 saturated heterocycles. The first-order valence-electron chi connectivity index (χ1n) is 6.31.